The van der Waals surface area contributed by atoms with Gasteiger partial charge in [-0.3, -0.25) is 9.80 Å². The summed E-state index contributed by atoms with van der Waals surface area (Å²) in [6.45, 7) is 4.17. The molecule has 6 aromatic rings. The van der Waals surface area contributed by atoms with Gasteiger partial charge in [0.25, 0.3) is 0 Å². The van der Waals surface area contributed by atoms with E-state index >= 15 is 0 Å². The molecule has 0 saturated heterocycles. The molecule has 0 heterocycles. The maximum Gasteiger partial charge on any atom is 0.183 e. The lowest BCUT2D eigenvalue weighted by Gasteiger charge is -2.42. The predicted octanol–water partition coefficient (Wildman–Crippen LogP) is 10.8. The Morgan fingerprint density at radius 2 is 0.673 bits per heavy atom. The number of para-hydroxylation sites is 4. The second-order valence-electron chi connectivity index (χ2n) is 12.4. The first kappa shape index (κ1) is 35.9. The first-order valence-electron chi connectivity index (χ1n) is 17.1. The Hall–Kier alpha value is -5.96. The molecule has 0 fully saturated rings. The number of hydrogen-bond acceptors (Lipinski definition) is 4. The van der Waals surface area contributed by atoms with E-state index in [1.807, 2.05) is 97.1 Å². The Morgan fingerprint density at radius 1 is 0.385 bits per heavy atom. The third-order valence-electron chi connectivity index (χ3n) is 8.59. The topological polar surface area (TPSA) is 37.0 Å². The fourth-order valence-corrected chi connectivity index (χ4v) is 6.43. The number of thiocarbonyl (C=S) groups is 2. The predicted molar refractivity (Wildman–Crippen MR) is 229 cm³/mol. The average molecular weight is 719 g/mol. The molecule has 0 unspecified atom stereocenters. The summed E-state index contributed by atoms with van der Waals surface area (Å²) in [6.07, 6.45) is 0. The second-order valence-corrected chi connectivity index (χ2v) is 13.1. The van der Waals surface area contributed by atoms with Gasteiger partial charge in [-0.15, -0.1) is 0 Å². The third kappa shape index (κ3) is 8.49. The number of anilines is 6. The Kier molecular flexibility index (Phi) is 11.6. The van der Waals surface area contributed by atoms with Crippen LogP contribution in [-0.2, 0) is 0 Å². The molecule has 0 aliphatic carbocycles. The van der Waals surface area contributed by atoms with E-state index in [-0.39, 0.29) is 0 Å². The van der Waals surface area contributed by atoms with Gasteiger partial charge in [0.05, 0.1) is 0 Å². The summed E-state index contributed by atoms with van der Waals surface area (Å²) in [4.78, 5) is 8.52. The number of aryl methyl sites for hydroxylation is 2. The van der Waals surface area contributed by atoms with E-state index in [1.54, 1.807) is 0 Å². The van der Waals surface area contributed by atoms with E-state index in [9.17, 15) is 0 Å². The second kappa shape index (κ2) is 16.8. The molecule has 6 aromatic carbocycles. The molecule has 6 nitrogen and oxygen atoms in total. The Balaban J connectivity index is 1.70. The fraction of sp³-hybridized carbons (Fsp3) is 0.0909. The van der Waals surface area contributed by atoms with Crippen LogP contribution in [0.4, 0.5) is 34.1 Å². The molecule has 0 amide bonds. The van der Waals surface area contributed by atoms with Gasteiger partial charge in [-0.05, 0) is 111 Å². The molecule has 260 valence electrons. The minimum absolute atomic E-state index is 0.484. The highest BCUT2D eigenvalue weighted by molar-refractivity contribution is 7.81. The lowest BCUT2D eigenvalue weighted by molar-refractivity contribution is 0.924. The van der Waals surface area contributed by atoms with Crippen molar-refractivity contribution < 1.29 is 0 Å². The number of benzene rings is 6. The van der Waals surface area contributed by atoms with Gasteiger partial charge >= 0.3 is 0 Å². The van der Waals surface area contributed by atoms with Gasteiger partial charge in [0, 0.05) is 48.2 Å². The van der Waals surface area contributed by atoms with Crippen LogP contribution >= 0.6 is 24.4 Å². The summed E-state index contributed by atoms with van der Waals surface area (Å²) < 4.78 is 0. The molecule has 0 saturated carbocycles. The van der Waals surface area contributed by atoms with Gasteiger partial charge in [-0.2, -0.15) is 0 Å². The molecule has 52 heavy (non-hydrogen) atoms. The van der Waals surface area contributed by atoms with Crippen LogP contribution in [0.2, 0.25) is 0 Å². The first-order valence-corrected chi connectivity index (χ1v) is 17.9. The SMILES string of the molecule is Cc1ccc(N(C(=S)Nc2ccccc2)/C(=C(\N(C)c2ccccc2)N(C(=S)Nc2ccccc2)c2ccc(C)cc2)N(C)c2ccccc2)cc1. The Labute approximate surface area is 318 Å². The molecule has 0 bridgehead atoms. The Morgan fingerprint density at radius 3 is 0.981 bits per heavy atom. The first-order chi connectivity index (χ1) is 25.3. The van der Waals surface area contributed by atoms with Crippen LogP contribution in [0.15, 0.2) is 182 Å². The molecule has 0 spiro atoms. The van der Waals surface area contributed by atoms with Crippen LogP contribution in [-0.4, -0.2) is 24.3 Å². The van der Waals surface area contributed by atoms with Gasteiger partial charge in [0.2, 0.25) is 0 Å². The van der Waals surface area contributed by atoms with Crippen LogP contribution in [0.25, 0.3) is 0 Å². The summed E-state index contributed by atoms with van der Waals surface area (Å²) in [5.74, 6) is 1.51. The molecular formula is C44H42N6S2. The molecule has 2 N–H and O–H groups in total. The van der Waals surface area contributed by atoms with Crippen molar-refractivity contribution in [1.29, 1.82) is 0 Å². The highest BCUT2D eigenvalue weighted by atomic mass is 32.1. The molecule has 0 radical (unpaired) electrons. The summed E-state index contributed by atoms with van der Waals surface area (Å²) >= 11 is 12.8. The normalized spacial score (nSPS) is 11.2. The zero-order chi connectivity index (χ0) is 36.5. The minimum Gasteiger partial charge on any atom is -0.332 e. The average Bonchev–Trinajstić information content (AvgIpc) is 3.18. The standard InChI is InChI=1S/C44H42N6S2/c1-33-25-29-39(30-26-33)49(43(51)45-35-17-9-5-10-18-35)41(47(3)37-21-13-7-14-22-37)42(48(4)38-23-15-8-16-24-38)50(40-31-27-34(2)28-32-40)44(52)46-36-19-11-6-12-20-36/h5-32H,1-4H3,(H,45,51)(H,46,52)/b42-41+. The van der Waals surface area contributed by atoms with Gasteiger partial charge < -0.3 is 20.4 Å². The summed E-state index contributed by atoms with van der Waals surface area (Å²) in [6, 6.07) is 57.4. The van der Waals surface area contributed by atoms with Crippen molar-refractivity contribution in [3.63, 3.8) is 0 Å². The molecule has 6 rings (SSSR count). The molecular weight excluding hydrogens is 677 g/mol. The minimum atomic E-state index is 0.484. The van der Waals surface area contributed by atoms with Crippen molar-refractivity contribution >= 4 is 68.8 Å². The molecule has 0 aliphatic rings. The van der Waals surface area contributed by atoms with E-state index in [1.165, 1.54) is 0 Å². The highest BCUT2D eigenvalue weighted by Gasteiger charge is 2.33. The lowest BCUT2D eigenvalue weighted by Crippen LogP contribution is -2.49. The number of hydrogen-bond donors (Lipinski definition) is 2. The van der Waals surface area contributed by atoms with Crippen LogP contribution < -0.4 is 30.2 Å². The van der Waals surface area contributed by atoms with E-state index < -0.39 is 0 Å². The van der Waals surface area contributed by atoms with E-state index in [4.69, 9.17) is 24.4 Å². The van der Waals surface area contributed by atoms with Crippen LogP contribution in [0.1, 0.15) is 11.1 Å². The van der Waals surface area contributed by atoms with Crippen LogP contribution in [0, 0.1) is 13.8 Å². The number of rotatable bonds is 10. The van der Waals surface area contributed by atoms with Crippen molar-refractivity contribution in [2.75, 3.05) is 44.3 Å². The van der Waals surface area contributed by atoms with Gasteiger partial charge in [-0.25, -0.2) is 0 Å². The summed E-state index contributed by atoms with van der Waals surface area (Å²) in [5.41, 5.74) is 7.71. The lowest BCUT2D eigenvalue weighted by atomic mass is 10.2. The fourth-order valence-electron chi connectivity index (χ4n) is 5.81. The van der Waals surface area contributed by atoms with Gasteiger partial charge in [0.15, 0.2) is 21.9 Å². The largest absolute Gasteiger partial charge is 0.332 e. The molecule has 0 aliphatic heterocycles. The Bertz CT molecular complexity index is 1950. The van der Waals surface area contributed by atoms with Crippen molar-refractivity contribution in [3.05, 3.63) is 193 Å². The molecule has 8 heteroatoms. The smallest absolute Gasteiger partial charge is 0.183 e. The summed E-state index contributed by atoms with van der Waals surface area (Å²) in [7, 11) is 4.13. The highest BCUT2D eigenvalue weighted by Crippen LogP contribution is 2.35. The van der Waals surface area contributed by atoms with Gasteiger partial charge in [0.1, 0.15) is 0 Å². The van der Waals surface area contributed by atoms with E-state index in [0.29, 0.717) is 10.2 Å². The van der Waals surface area contributed by atoms with E-state index in [2.05, 4.69) is 131 Å². The summed E-state index contributed by atoms with van der Waals surface area (Å²) in [5, 5.41) is 8.05. The van der Waals surface area contributed by atoms with Crippen molar-refractivity contribution in [1.82, 2.24) is 0 Å². The maximum atomic E-state index is 6.40. The quantitative estimate of drug-likeness (QED) is 0.136. The molecule has 0 aromatic heterocycles. The van der Waals surface area contributed by atoms with Crippen molar-refractivity contribution in [2.45, 2.75) is 13.8 Å². The van der Waals surface area contributed by atoms with E-state index in [0.717, 1.165) is 56.9 Å². The zero-order valence-electron chi connectivity index (χ0n) is 29.8. The molecule has 0 atom stereocenters. The maximum absolute atomic E-state index is 6.40. The van der Waals surface area contributed by atoms with Crippen LogP contribution in [0.5, 0.6) is 0 Å². The monoisotopic (exact) mass is 718 g/mol. The number of nitrogens with one attached hydrogen (secondary N) is 2. The zero-order valence-corrected chi connectivity index (χ0v) is 31.4. The third-order valence-corrected chi connectivity index (χ3v) is 9.16. The number of nitrogens with zero attached hydrogens (tertiary/aromatic N) is 4. The van der Waals surface area contributed by atoms with Gasteiger partial charge in [-0.1, -0.05) is 108 Å². The van der Waals surface area contributed by atoms with Crippen molar-refractivity contribution in [3.8, 4) is 0 Å². The van der Waals surface area contributed by atoms with Crippen molar-refractivity contribution in [2.24, 2.45) is 0 Å². The van der Waals surface area contributed by atoms with Crippen LogP contribution in [0.3, 0.4) is 0 Å².